The summed E-state index contributed by atoms with van der Waals surface area (Å²) in [6.45, 7) is 0. The summed E-state index contributed by atoms with van der Waals surface area (Å²) in [4.78, 5) is 60.0. The average Bonchev–Trinajstić information content (AvgIpc) is 2.91. The smallest absolute Gasteiger partial charge is 0.270 e. The Labute approximate surface area is 198 Å². The molecule has 12 heteroatoms. The summed E-state index contributed by atoms with van der Waals surface area (Å²) in [5, 5.41) is 31.2. The second-order valence-corrected chi connectivity index (χ2v) is 5.19. The van der Waals surface area contributed by atoms with Crippen LogP contribution in [0.1, 0.15) is 43.4 Å². The average molecular weight is 462 g/mol. The van der Waals surface area contributed by atoms with Crippen LogP contribution < -0.4 is 0 Å². The molecule has 0 saturated heterocycles. The first-order chi connectivity index (χ1) is 19.4. The highest BCUT2D eigenvalue weighted by atomic mass is 16.6. The second kappa shape index (κ2) is 13.2. The number of hydrogen-bond donors (Lipinski definition) is 0. The van der Waals surface area contributed by atoms with Crippen molar-refractivity contribution in [3.05, 3.63) is 120 Å². The molecule has 0 unspecified atom stereocenters. The molecule has 0 aliphatic carbocycles. The van der Waals surface area contributed by atoms with Crippen LogP contribution in [0, 0.1) is 30.3 Å². The molecule has 3 aromatic rings. The number of aldehydes is 3. The van der Waals surface area contributed by atoms with Crippen molar-refractivity contribution in [3.63, 3.8) is 0 Å². The van der Waals surface area contributed by atoms with Gasteiger partial charge in [0.2, 0.25) is 0 Å². The minimum Gasteiger partial charge on any atom is -0.298 e. The van der Waals surface area contributed by atoms with Crippen molar-refractivity contribution in [1.82, 2.24) is 0 Å². The highest BCUT2D eigenvalue weighted by Gasteiger charge is 2.05. The number of carbonyl (C=O) groups is 3. The largest absolute Gasteiger partial charge is 0.298 e. The normalized spacial score (nSPS) is 12.9. The van der Waals surface area contributed by atoms with Crippen molar-refractivity contribution in [2.75, 3.05) is 0 Å². The number of rotatable bonds is 6. The van der Waals surface area contributed by atoms with Gasteiger partial charge in [-0.1, -0.05) is 36.3 Å². The Bertz CT molecular complexity index is 1590. The molecule has 168 valence electrons. The molecule has 0 fully saturated rings. The van der Waals surface area contributed by atoms with E-state index in [2.05, 4.69) is 0 Å². The lowest BCUT2D eigenvalue weighted by Gasteiger charge is -1.90. The molecule has 0 radical (unpaired) electrons. The maximum absolute atomic E-state index is 10.8. The van der Waals surface area contributed by atoms with E-state index in [9.17, 15) is 44.7 Å². The zero-order valence-electron chi connectivity index (χ0n) is 25.0. The van der Waals surface area contributed by atoms with Gasteiger partial charge in [0.25, 0.3) is 17.1 Å². The predicted octanol–water partition coefficient (Wildman–Crippen LogP) is 4.22. The highest BCUT2D eigenvalue weighted by molar-refractivity contribution is 5.76. The molecule has 0 atom stereocenters. The van der Waals surface area contributed by atoms with E-state index in [1.807, 2.05) is 0 Å². The van der Waals surface area contributed by atoms with E-state index in [1.165, 1.54) is 24.3 Å². The van der Waals surface area contributed by atoms with Crippen LogP contribution in [0.2, 0.25) is 0 Å². The van der Waals surface area contributed by atoms with E-state index in [4.69, 9.17) is 12.3 Å². The minimum absolute atomic E-state index is 0.0606. The standard InChI is InChI=1S/3C7H5NO3/c3*9-5-6-2-1-3-7(4-6)8(10)11/h3*1-5H/i1D,2D,3D,4D,5D;1D,2D,3D,4D;. The van der Waals surface area contributed by atoms with Crippen LogP contribution in [0.4, 0.5) is 17.1 Å². The SMILES string of the molecule is O=Cc1cccc([N+](=O)[O-])c1.[2H]C(=O)c1c([2H])c([2H])c([2H])c([N+](=O)[O-])c1[2H].[2H]c1c([2H])c(C=O)c([2H])c([N+](=O)[O-])c1[2H]. The van der Waals surface area contributed by atoms with Crippen LogP contribution in [-0.4, -0.2) is 33.6 Å². The van der Waals surface area contributed by atoms with Gasteiger partial charge in [0, 0.05) is 53.0 Å². The Balaban J connectivity index is 0.000000320. The van der Waals surface area contributed by atoms with Gasteiger partial charge in [-0.05, 0) is 0 Å². The van der Waals surface area contributed by atoms with Crippen LogP contribution in [0.3, 0.4) is 0 Å². The third-order valence-corrected chi connectivity index (χ3v) is 3.05. The van der Waals surface area contributed by atoms with Crippen LogP contribution in [0.25, 0.3) is 0 Å². The Hall–Kier alpha value is -5.13. The fourth-order valence-electron chi connectivity index (χ4n) is 1.69. The fraction of sp³-hybridized carbons (Fsp3) is 0. The molecular formula is C21H15N3O9. The van der Waals surface area contributed by atoms with E-state index in [-0.39, 0.29) is 12.0 Å². The van der Waals surface area contributed by atoms with E-state index in [0.29, 0.717) is 11.8 Å². The molecular weight excluding hydrogens is 438 g/mol. The van der Waals surface area contributed by atoms with Gasteiger partial charge in [0.15, 0.2) is 0 Å². The molecule has 0 saturated carbocycles. The Kier molecular flexibility index (Phi) is 5.93. The molecule has 0 aliphatic rings. The van der Waals surface area contributed by atoms with Gasteiger partial charge in [0.05, 0.1) is 25.7 Å². The Morgan fingerprint density at radius 1 is 0.697 bits per heavy atom. The Morgan fingerprint density at radius 3 is 1.64 bits per heavy atom. The van der Waals surface area contributed by atoms with Crippen molar-refractivity contribution in [2.45, 2.75) is 0 Å². The molecule has 0 spiro atoms. The van der Waals surface area contributed by atoms with Crippen molar-refractivity contribution < 1.29 is 41.5 Å². The first-order valence-electron chi connectivity index (χ1n) is 12.6. The van der Waals surface area contributed by atoms with E-state index in [0.717, 1.165) is 0 Å². The number of non-ortho nitro benzene ring substituents is 1. The Morgan fingerprint density at radius 2 is 1.18 bits per heavy atom. The van der Waals surface area contributed by atoms with E-state index in [1.54, 1.807) is 0 Å². The van der Waals surface area contributed by atoms with Crippen molar-refractivity contribution in [1.29, 1.82) is 0 Å². The van der Waals surface area contributed by atoms with Gasteiger partial charge < -0.3 is 0 Å². The minimum atomic E-state index is -1.45. The number of nitro groups is 3. The summed E-state index contributed by atoms with van der Waals surface area (Å²) < 4.78 is 64.6. The molecule has 3 aromatic carbocycles. The van der Waals surface area contributed by atoms with Crippen molar-refractivity contribution >= 4 is 35.9 Å². The fourth-order valence-corrected chi connectivity index (χ4v) is 1.69. The summed E-state index contributed by atoms with van der Waals surface area (Å²) in [7, 11) is 0. The van der Waals surface area contributed by atoms with Gasteiger partial charge in [-0.3, -0.25) is 44.7 Å². The molecule has 0 aromatic heterocycles. The summed E-state index contributed by atoms with van der Waals surface area (Å²) in [5.41, 5.74) is -3.06. The third kappa shape index (κ3) is 9.04. The summed E-state index contributed by atoms with van der Waals surface area (Å²) in [5.74, 6) is 0. The highest BCUT2D eigenvalue weighted by Crippen LogP contribution is 2.12. The summed E-state index contributed by atoms with van der Waals surface area (Å²) in [6.07, 6.45) is -0.770. The molecule has 3 rings (SSSR count). The molecule has 0 heterocycles. The van der Waals surface area contributed by atoms with Gasteiger partial charge in [-0.15, -0.1) is 0 Å². The third-order valence-electron chi connectivity index (χ3n) is 3.05. The number of benzene rings is 3. The molecule has 33 heavy (non-hydrogen) atoms. The monoisotopic (exact) mass is 462 g/mol. The zero-order valence-corrected chi connectivity index (χ0v) is 16.0. The van der Waals surface area contributed by atoms with Gasteiger partial charge in [0.1, 0.15) is 20.2 Å². The van der Waals surface area contributed by atoms with Gasteiger partial charge in [-0.2, -0.15) is 0 Å². The lowest BCUT2D eigenvalue weighted by atomic mass is 10.2. The number of hydrogen-bond acceptors (Lipinski definition) is 9. The lowest BCUT2D eigenvalue weighted by Crippen LogP contribution is -1.88. The first kappa shape index (κ1) is 14.8. The molecule has 0 N–H and O–H groups in total. The van der Waals surface area contributed by atoms with Crippen molar-refractivity contribution in [3.8, 4) is 0 Å². The van der Waals surface area contributed by atoms with Crippen LogP contribution in [-0.2, 0) is 0 Å². The van der Waals surface area contributed by atoms with E-state index < -0.39 is 91.9 Å². The van der Waals surface area contributed by atoms with Crippen LogP contribution in [0.5, 0.6) is 0 Å². The first-order valence-corrected chi connectivity index (χ1v) is 8.09. The number of nitro benzene ring substituents is 3. The maximum atomic E-state index is 10.8. The second-order valence-electron chi connectivity index (χ2n) is 5.19. The molecule has 12 nitrogen and oxygen atoms in total. The predicted molar refractivity (Wildman–Crippen MR) is 115 cm³/mol. The zero-order chi connectivity index (χ0) is 32.6. The molecule has 0 aliphatic heterocycles. The van der Waals surface area contributed by atoms with E-state index >= 15 is 0 Å². The van der Waals surface area contributed by atoms with Gasteiger partial charge >= 0.3 is 0 Å². The number of nitrogens with zero attached hydrogens (tertiary/aromatic N) is 3. The van der Waals surface area contributed by atoms with Crippen LogP contribution >= 0.6 is 0 Å². The topological polar surface area (TPSA) is 181 Å². The molecule has 0 bridgehead atoms. The number of carbonyl (C=O) groups excluding carboxylic acids is 3. The summed E-state index contributed by atoms with van der Waals surface area (Å²) in [6, 6.07) is -0.908. The lowest BCUT2D eigenvalue weighted by molar-refractivity contribution is -0.385. The summed E-state index contributed by atoms with van der Waals surface area (Å²) >= 11 is 0. The molecule has 0 amide bonds. The van der Waals surface area contributed by atoms with Gasteiger partial charge in [-0.25, -0.2) is 0 Å². The van der Waals surface area contributed by atoms with Crippen molar-refractivity contribution in [2.24, 2.45) is 0 Å². The quantitative estimate of drug-likeness (QED) is 0.294. The van der Waals surface area contributed by atoms with Crippen LogP contribution in [0.15, 0.2) is 72.6 Å². The maximum Gasteiger partial charge on any atom is 0.270 e.